The third kappa shape index (κ3) is 3.55. The highest BCUT2D eigenvalue weighted by Gasteiger charge is 2.29. The minimum Gasteiger partial charge on any atom is -0.312 e. The maximum absolute atomic E-state index is 4.43. The van der Waals surface area contributed by atoms with Gasteiger partial charge in [-0.1, -0.05) is 27.7 Å². The zero-order valence-electron chi connectivity index (χ0n) is 12.1. The van der Waals surface area contributed by atoms with E-state index in [4.69, 9.17) is 0 Å². The molecule has 1 aromatic heterocycles. The second-order valence-electron chi connectivity index (χ2n) is 6.30. The lowest BCUT2D eigenvalue weighted by Crippen LogP contribution is -2.44. The third-order valence-electron chi connectivity index (χ3n) is 3.77. The highest BCUT2D eigenvalue weighted by atomic mass is 15.0. The number of aromatic nitrogens is 1. The molecule has 0 atom stereocenters. The molecule has 1 N–H and O–H groups in total. The van der Waals surface area contributed by atoms with E-state index in [0.717, 1.165) is 12.0 Å². The van der Waals surface area contributed by atoms with Crippen LogP contribution in [0, 0.1) is 5.92 Å². The van der Waals surface area contributed by atoms with Gasteiger partial charge in [-0.05, 0) is 48.8 Å². The van der Waals surface area contributed by atoms with E-state index < -0.39 is 0 Å². The van der Waals surface area contributed by atoms with Crippen molar-refractivity contribution in [3.8, 4) is 0 Å². The zero-order valence-corrected chi connectivity index (χ0v) is 12.1. The molecule has 1 heterocycles. The Hall–Kier alpha value is -0.890. The monoisotopic (exact) mass is 246 g/mol. The minimum absolute atomic E-state index is 0.529. The predicted molar refractivity (Wildman–Crippen MR) is 76.8 cm³/mol. The molecule has 2 heteroatoms. The fourth-order valence-electron chi connectivity index (χ4n) is 2.78. The van der Waals surface area contributed by atoms with Crippen LogP contribution in [-0.2, 0) is 6.42 Å². The van der Waals surface area contributed by atoms with E-state index in [1.807, 2.05) is 6.20 Å². The average Bonchev–Trinajstić information content (AvgIpc) is 2.26. The van der Waals surface area contributed by atoms with Gasteiger partial charge in [-0.2, -0.15) is 0 Å². The molecule has 0 unspecified atom stereocenters. The van der Waals surface area contributed by atoms with Crippen LogP contribution in [0.1, 0.15) is 57.7 Å². The van der Waals surface area contributed by atoms with Crippen LogP contribution in [0.2, 0.25) is 0 Å². The van der Waals surface area contributed by atoms with E-state index in [-0.39, 0.29) is 0 Å². The fourth-order valence-corrected chi connectivity index (χ4v) is 2.78. The molecule has 0 spiro atoms. The molecule has 1 fully saturated rings. The Morgan fingerprint density at radius 2 is 2.00 bits per heavy atom. The number of hydrogen-bond acceptors (Lipinski definition) is 2. The van der Waals surface area contributed by atoms with Crippen LogP contribution in [-0.4, -0.2) is 17.1 Å². The van der Waals surface area contributed by atoms with Crippen molar-refractivity contribution in [2.75, 3.05) is 0 Å². The van der Waals surface area contributed by atoms with Crippen molar-refractivity contribution in [2.24, 2.45) is 5.92 Å². The van der Waals surface area contributed by atoms with Crippen molar-refractivity contribution in [1.29, 1.82) is 0 Å². The van der Waals surface area contributed by atoms with Crippen LogP contribution < -0.4 is 5.32 Å². The summed E-state index contributed by atoms with van der Waals surface area (Å²) in [6, 6.07) is 5.83. The molecule has 1 aliphatic rings. The summed E-state index contributed by atoms with van der Waals surface area (Å²) in [5.74, 6) is 1.39. The van der Waals surface area contributed by atoms with Gasteiger partial charge in [0.1, 0.15) is 0 Å². The second-order valence-corrected chi connectivity index (χ2v) is 6.30. The van der Waals surface area contributed by atoms with Gasteiger partial charge >= 0.3 is 0 Å². The summed E-state index contributed by atoms with van der Waals surface area (Å²) in [6.07, 6.45) is 5.85. The average molecular weight is 246 g/mol. The molecule has 0 aromatic carbocycles. The third-order valence-corrected chi connectivity index (χ3v) is 3.77. The normalized spacial score (nSPS) is 23.4. The molecule has 1 aliphatic carbocycles. The summed E-state index contributed by atoms with van der Waals surface area (Å²) in [7, 11) is 0. The van der Waals surface area contributed by atoms with Crippen LogP contribution >= 0.6 is 0 Å². The zero-order chi connectivity index (χ0) is 13.1. The predicted octanol–water partition coefficient (Wildman–Crippen LogP) is 3.52. The van der Waals surface area contributed by atoms with Crippen molar-refractivity contribution in [3.63, 3.8) is 0 Å². The SMILES string of the molecule is CC(C)NC1CC(Cc2ccnc(C(C)C)c2)C1. The standard InChI is InChI=1S/C16H26N2/c1-11(2)16-10-13(5-6-17-16)7-14-8-15(9-14)18-12(3)4/h5-6,10-12,14-15,18H,7-9H2,1-4H3. The van der Waals surface area contributed by atoms with E-state index in [1.165, 1.54) is 30.5 Å². The first-order chi connectivity index (χ1) is 8.54. The Kier molecular flexibility index (Phi) is 4.39. The molecule has 0 bridgehead atoms. The molecule has 0 amide bonds. The Labute approximate surface area is 111 Å². The van der Waals surface area contributed by atoms with Gasteiger partial charge in [0.05, 0.1) is 0 Å². The molecule has 0 radical (unpaired) electrons. The highest BCUT2D eigenvalue weighted by molar-refractivity contribution is 5.19. The van der Waals surface area contributed by atoms with Gasteiger partial charge in [0, 0.05) is 24.0 Å². The van der Waals surface area contributed by atoms with E-state index >= 15 is 0 Å². The Morgan fingerprint density at radius 3 is 2.61 bits per heavy atom. The van der Waals surface area contributed by atoms with Gasteiger partial charge in [0.2, 0.25) is 0 Å². The van der Waals surface area contributed by atoms with Gasteiger partial charge in [-0.25, -0.2) is 0 Å². The summed E-state index contributed by atoms with van der Waals surface area (Å²) < 4.78 is 0. The van der Waals surface area contributed by atoms with Crippen molar-refractivity contribution < 1.29 is 0 Å². The molecule has 2 rings (SSSR count). The number of pyridine rings is 1. The summed E-state index contributed by atoms with van der Waals surface area (Å²) in [4.78, 5) is 4.43. The molecule has 0 aliphatic heterocycles. The van der Waals surface area contributed by atoms with Crippen LogP contribution in [0.4, 0.5) is 0 Å². The number of nitrogens with one attached hydrogen (secondary N) is 1. The van der Waals surface area contributed by atoms with Crippen LogP contribution in [0.25, 0.3) is 0 Å². The molecule has 100 valence electrons. The Balaban J connectivity index is 1.83. The van der Waals surface area contributed by atoms with E-state index in [0.29, 0.717) is 12.0 Å². The maximum Gasteiger partial charge on any atom is 0.0431 e. The molecule has 18 heavy (non-hydrogen) atoms. The number of hydrogen-bond donors (Lipinski definition) is 1. The van der Waals surface area contributed by atoms with Crippen molar-refractivity contribution in [1.82, 2.24) is 10.3 Å². The molecular formula is C16H26N2. The van der Waals surface area contributed by atoms with Crippen molar-refractivity contribution in [2.45, 2.75) is 65.0 Å². The van der Waals surface area contributed by atoms with Gasteiger partial charge < -0.3 is 5.32 Å². The quantitative estimate of drug-likeness (QED) is 0.860. The van der Waals surface area contributed by atoms with Crippen LogP contribution in [0.15, 0.2) is 18.3 Å². The maximum atomic E-state index is 4.43. The van der Waals surface area contributed by atoms with Crippen LogP contribution in [0.3, 0.4) is 0 Å². The molecule has 0 saturated heterocycles. The molecule has 1 aromatic rings. The van der Waals surface area contributed by atoms with Gasteiger partial charge in [-0.15, -0.1) is 0 Å². The number of rotatable bonds is 5. The topological polar surface area (TPSA) is 24.9 Å². The minimum atomic E-state index is 0.529. The van der Waals surface area contributed by atoms with E-state index in [9.17, 15) is 0 Å². The smallest absolute Gasteiger partial charge is 0.0431 e. The van der Waals surface area contributed by atoms with Crippen molar-refractivity contribution in [3.05, 3.63) is 29.6 Å². The van der Waals surface area contributed by atoms with Gasteiger partial charge in [0.25, 0.3) is 0 Å². The lowest BCUT2D eigenvalue weighted by molar-refractivity contribution is 0.211. The van der Waals surface area contributed by atoms with E-state index in [2.05, 4.69) is 50.1 Å². The van der Waals surface area contributed by atoms with Crippen LogP contribution in [0.5, 0.6) is 0 Å². The van der Waals surface area contributed by atoms with Gasteiger partial charge in [0.15, 0.2) is 0 Å². The number of nitrogens with zero attached hydrogens (tertiary/aromatic N) is 1. The Morgan fingerprint density at radius 1 is 1.28 bits per heavy atom. The first-order valence-corrected chi connectivity index (χ1v) is 7.25. The molecule has 2 nitrogen and oxygen atoms in total. The highest BCUT2D eigenvalue weighted by Crippen LogP contribution is 2.31. The lowest BCUT2D eigenvalue weighted by atomic mass is 9.76. The second kappa shape index (κ2) is 5.83. The Bertz CT molecular complexity index is 378. The summed E-state index contributed by atoms with van der Waals surface area (Å²) in [5.41, 5.74) is 2.69. The lowest BCUT2D eigenvalue weighted by Gasteiger charge is -2.37. The largest absolute Gasteiger partial charge is 0.312 e. The molecule has 1 saturated carbocycles. The first kappa shape index (κ1) is 13.5. The first-order valence-electron chi connectivity index (χ1n) is 7.25. The van der Waals surface area contributed by atoms with Gasteiger partial charge in [-0.3, -0.25) is 4.98 Å². The fraction of sp³-hybridized carbons (Fsp3) is 0.688. The summed E-state index contributed by atoms with van der Waals surface area (Å²) >= 11 is 0. The summed E-state index contributed by atoms with van der Waals surface area (Å²) in [5, 5.41) is 3.61. The van der Waals surface area contributed by atoms with E-state index in [1.54, 1.807) is 0 Å². The summed E-state index contributed by atoms with van der Waals surface area (Å²) in [6.45, 7) is 8.87. The van der Waals surface area contributed by atoms with Crippen molar-refractivity contribution >= 4 is 0 Å². The molecular weight excluding hydrogens is 220 g/mol.